The van der Waals surface area contributed by atoms with Crippen LogP contribution in [0.2, 0.25) is 0 Å². The van der Waals surface area contributed by atoms with E-state index in [1.165, 1.54) is 19.6 Å². The molecule has 0 saturated carbocycles. The number of piperazine rings is 1. The Morgan fingerprint density at radius 1 is 1.20 bits per heavy atom. The number of hydrogen-bond donors (Lipinski definition) is 1. The average molecular weight is 280 g/mol. The van der Waals surface area contributed by atoms with Gasteiger partial charge in [-0.15, -0.1) is 0 Å². The second kappa shape index (κ2) is 8.61. The minimum atomic E-state index is -0.370. The van der Waals surface area contributed by atoms with E-state index in [-0.39, 0.29) is 5.54 Å². The van der Waals surface area contributed by atoms with Crippen LogP contribution >= 0.6 is 0 Å². The smallest absolute Gasteiger partial charge is 0.105 e. The first-order valence-corrected chi connectivity index (χ1v) is 8.10. The van der Waals surface area contributed by atoms with E-state index < -0.39 is 0 Å². The molecule has 1 rings (SSSR count). The largest absolute Gasteiger partial charge is 0.301 e. The molecule has 0 aliphatic carbocycles. The minimum absolute atomic E-state index is 0.370. The van der Waals surface area contributed by atoms with Gasteiger partial charge in [-0.05, 0) is 32.2 Å². The van der Waals surface area contributed by atoms with Crippen LogP contribution in [0.3, 0.4) is 0 Å². The quantitative estimate of drug-likeness (QED) is 0.738. The lowest BCUT2D eigenvalue weighted by molar-refractivity contribution is 0.116. The van der Waals surface area contributed by atoms with Crippen LogP contribution in [0.1, 0.15) is 40.5 Å². The molecule has 116 valence electrons. The number of nitriles is 1. The van der Waals surface area contributed by atoms with Gasteiger partial charge in [0.2, 0.25) is 0 Å². The Balaban J connectivity index is 2.28. The lowest BCUT2D eigenvalue weighted by atomic mass is 9.99. The Labute approximate surface area is 125 Å². The second-order valence-electron chi connectivity index (χ2n) is 6.66. The molecule has 0 aromatic rings. The lowest BCUT2D eigenvalue weighted by Gasteiger charge is -2.36. The monoisotopic (exact) mass is 280 g/mol. The molecule has 1 atom stereocenters. The van der Waals surface area contributed by atoms with Gasteiger partial charge in [0.05, 0.1) is 6.07 Å². The molecule has 0 bridgehead atoms. The Kier molecular flexibility index (Phi) is 7.50. The molecule has 0 spiro atoms. The van der Waals surface area contributed by atoms with Crippen molar-refractivity contribution in [3.63, 3.8) is 0 Å². The fraction of sp³-hybridized carbons (Fsp3) is 0.938. The highest BCUT2D eigenvalue weighted by Gasteiger charge is 2.25. The van der Waals surface area contributed by atoms with Gasteiger partial charge in [-0.3, -0.25) is 5.32 Å². The van der Waals surface area contributed by atoms with Gasteiger partial charge in [-0.25, -0.2) is 0 Å². The number of nitrogens with zero attached hydrogens (tertiary/aromatic N) is 3. The van der Waals surface area contributed by atoms with Gasteiger partial charge in [0.15, 0.2) is 0 Å². The summed E-state index contributed by atoms with van der Waals surface area (Å²) in [5.74, 6) is 0.752. The van der Waals surface area contributed by atoms with Gasteiger partial charge in [-0.2, -0.15) is 5.26 Å². The zero-order valence-corrected chi connectivity index (χ0v) is 13.8. The molecular weight excluding hydrogens is 248 g/mol. The Morgan fingerprint density at radius 2 is 1.80 bits per heavy atom. The second-order valence-corrected chi connectivity index (χ2v) is 6.66. The third kappa shape index (κ3) is 6.21. The molecule has 1 aliphatic heterocycles. The summed E-state index contributed by atoms with van der Waals surface area (Å²) >= 11 is 0. The summed E-state index contributed by atoms with van der Waals surface area (Å²) in [5.41, 5.74) is -0.370. The molecule has 1 heterocycles. The molecule has 0 radical (unpaired) electrons. The fourth-order valence-electron chi connectivity index (χ4n) is 2.68. The van der Waals surface area contributed by atoms with Crippen molar-refractivity contribution in [3.8, 4) is 6.07 Å². The predicted octanol–water partition coefficient (Wildman–Crippen LogP) is 1.93. The third-order valence-corrected chi connectivity index (χ3v) is 4.03. The normalized spacial score (nSPS) is 20.8. The highest BCUT2D eigenvalue weighted by atomic mass is 15.3. The SMILES string of the molecule is CCCNC(C)(C#N)CCN1CCN(CC(C)C)CC1. The van der Waals surface area contributed by atoms with Crippen molar-refractivity contribution < 1.29 is 0 Å². The molecule has 0 amide bonds. The van der Waals surface area contributed by atoms with Crippen LogP contribution in [0.5, 0.6) is 0 Å². The van der Waals surface area contributed by atoms with Crippen molar-refractivity contribution in [1.29, 1.82) is 5.26 Å². The standard InChI is InChI=1S/C16H32N4/c1-5-7-18-16(4,14-17)6-8-19-9-11-20(12-10-19)13-15(2)3/h15,18H,5-13H2,1-4H3. The predicted molar refractivity (Wildman–Crippen MR) is 84.6 cm³/mol. The molecule has 1 N–H and O–H groups in total. The van der Waals surface area contributed by atoms with E-state index in [1.54, 1.807) is 0 Å². The molecule has 0 aromatic carbocycles. The van der Waals surface area contributed by atoms with Crippen LogP contribution in [-0.4, -0.2) is 61.2 Å². The zero-order chi connectivity index (χ0) is 15.0. The van der Waals surface area contributed by atoms with Crippen LogP contribution in [0.4, 0.5) is 0 Å². The highest BCUT2D eigenvalue weighted by Crippen LogP contribution is 2.12. The molecular formula is C16H32N4. The summed E-state index contributed by atoms with van der Waals surface area (Å²) in [7, 11) is 0. The summed E-state index contributed by atoms with van der Waals surface area (Å²) in [4.78, 5) is 5.06. The van der Waals surface area contributed by atoms with Crippen molar-refractivity contribution in [2.45, 2.75) is 46.1 Å². The Morgan fingerprint density at radius 3 is 2.30 bits per heavy atom. The molecule has 4 heteroatoms. The van der Waals surface area contributed by atoms with Gasteiger partial charge < -0.3 is 9.80 Å². The van der Waals surface area contributed by atoms with Crippen LogP contribution in [0.15, 0.2) is 0 Å². The van der Waals surface area contributed by atoms with Gasteiger partial charge >= 0.3 is 0 Å². The maximum atomic E-state index is 9.34. The third-order valence-electron chi connectivity index (χ3n) is 4.03. The van der Waals surface area contributed by atoms with Gasteiger partial charge in [0.1, 0.15) is 5.54 Å². The summed E-state index contributed by atoms with van der Waals surface area (Å²) < 4.78 is 0. The molecule has 1 aliphatic rings. The number of hydrogen-bond acceptors (Lipinski definition) is 4. The van der Waals surface area contributed by atoms with Crippen LogP contribution in [-0.2, 0) is 0 Å². The van der Waals surface area contributed by atoms with Crippen molar-refractivity contribution in [3.05, 3.63) is 0 Å². The van der Waals surface area contributed by atoms with E-state index >= 15 is 0 Å². The van der Waals surface area contributed by atoms with Crippen molar-refractivity contribution in [2.75, 3.05) is 45.8 Å². The zero-order valence-electron chi connectivity index (χ0n) is 13.8. The topological polar surface area (TPSA) is 42.3 Å². The van der Waals surface area contributed by atoms with E-state index in [0.717, 1.165) is 44.9 Å². The van der Waals surface area contributed by atoms with Crippen molar-refractivity contribution in [2.24, 2.45) is 5.92 Å². The van der Waals surface area contributed by atoms with E-state index in [0.29, 0.717) is 0 Å². The summed E-state index contributed by atoms with van der Waals surface area (Å²) in [6.45, 7) is 16.5. The molecule has 1 unspecified atom stereocenters. The molecule has 4 nitrogen and oxygen atoms in total. The van der Waals surface area contributed by atoms with Crippen molar-refractivity contribution in [1.82, 2.24) is 15.1 Å². The average Bonchev–Trinajstić information content (AvgIpc) is 2.44. The maximum absolute atomic E-state index is 9.34. The van der Waals surface area contributed by atoms with E-state index in [4.69, 9.17) is 0 Å². The fourth-order valence-corrected chi connectivity index (χ4v) is 2.68. The van der Waals surface area contributed by atoms with Gasteiger partial charge in [0.25, 0.3) is 0 Å². The number of nitrogens with one attached hydrogen (secondary N) is 1. The van der Waals surface area contributed by atoms with Crippen LogP contribution in [0.25, 0.3) is 0 Å². The molecule has 20 heavy (non-hydrogen) atoms. The first-order chi connectivity index (χ1) is 9.49. The first-order valence-electron chi connectivity index (χ1n) is 8.10. The summed E-state index contributed by atoms with van der Waals surface area (Å²) in [6, 6.07) is 2.44. The van der Waals surface area contributed by atoms with Gasteiger partial charge in [-0.1, -0.05) is 20.8 Å². The first kappa shape index (κ1) is 17.4. The van der Waals surface area contributed by atoms with E-state index in [9.17, 15) is 5.26 Å². The molecule has 0 aromatic heterocycles. The summed E-state index contributed by atoms with van der Waals surface area (Å²) in [5, 5.41) is 12.7. The molecule has 1 fully saturated rings. The highest BCUT2D eigenvalue weighted by molar-refractivity contribution is 5.04. The lowest BCUT2D eigenvalue weighted by Crippen LogP contribution is -2.50. The molecule has 1 saturated heterocycles. The van der Waals surface area contributed by atoms with Crippen LogP contribution in [0, 0.1) is 17.2 Å². The van der Waals surface area contributed by atoms with Crippen LogP contribution < -0.4 is 5.32 Å². The van der Waals surface area contributed by atoms with E-state index in [2.05, 4.69) is 42.0 Å². The Hall–Kier alpha value is -0.630. The number of rotatable bonds is 8. The van der Waals surface area contributed by atoms with Crippen molar-refractivity contribution >= 4 is 0 Å². The van der Waals surface area contributed by atoms with E-state index in [1.807, 2.05) is 6.92 Å². The Bertz CT molecular complexity index is 302. The minimum Gasteiger partial charge on any atom is -0.301 e. The summed E-state index contributed by atoms with van der Waals surface area (Å²) in [6.07, 6.45) is 1.98. The maximum Gasteiger partial charge on any atom is 0.105 e. The van der Waals surface area contributed by atoms with Gasteiger partial charge in [0, 0.05) is 39.3 Å².